The van der Waals surface area contributed by atoms with Gasteiger partial charge in [-0.15, -0.1) is 0 Å². The lowest BCUT2D eigenvalue weighted by Gasteiger charge is -2.04. The Bertz CT molecular complexity index is 460. The number of aliphatic carboxylic acids is 1. The van der Waals surface area contributed by atoms with Crippen LogP contribution in [0, 0.1) is 10.1 Å². The van der Waals surface area contributed by atoms with Crippen LogP contribution in [-0.4, -0.2) is 21.1 Å². The summed E-state index contributed by atoms with van der Waals surface area (Å²) in [4.78, 5) is 20.3. The van der Waals surface area contributed by atoms with Gasteiger partial charge in [0, 0.05) is 12.5 Å². The molecule has 0 fully saturated rings. The predicted octanol–water partition coefficient (Wildman–Crippen LogP) is 2.47. The van der Waals surface area contributed by atoms with Gasteiger partial charge in [-0.2, -0.15) is 0 Å². The Labute approximate surface area is 105 Å². The van der Waals surface area contributed by atoms with E-state index in [0.29, 0.717) is 18.4 Å². The minimum Gasteiger partial charge on any atom is -0.501 e. The SMILES string of the molecule is O=C(O)CCCc1cc(Br)c(O)c([N+](=O)[O-])c1. The lowest BCUT2D eigenvalue weighted by atomic mass is 10.1. The Balaban J connectivity index is 2.87. The molecule has 92 valence electrons. The molecule has 0 spiro atoms. The number of halogens is 1. The van der Waals surface area contributed by atoms with Crippen molar-refractivity contribution >= 4 is 27.6 Å². The van der Waals surface area contributed by atoms with E-state index in [0.717, 1.165) is 0 Å². The number of phenolic OH excluding ortho intramolecular Hbond substituents is 1. The van der Waals surface area contributed by atoms with Crippen molar-refractivity contribution in [2.45, 2.75) is 19.3 Å². The van der Waals surface area contributed by atoms with Gasteiger partial charge >= 0.3 is 11.7 Å². The van der Waals surface area contributed by atoms with Crippen molar-refractivity contribution in [3.8, 4) is 5.75 Å². The standard InChI is InChI=1S/C10H10BrNO5/c11-7-4-6(2-1-3-9(13)14)5-8(10(7)15)12(16)17/h4-5,15H,1-3H2,(H,13,14). The number of aromatic hydroxyl groups is 1. The second-order valence-electron chi connectivity index (χ2n) is 3.45. The molecule has 17 heavy (non-hydrogen) atoms. The van der Waals surface area contributed by atoms with Crippen LogP contribution in [0.3, 0.4) is 0 Å². The Morgan fingerprint density at radius 2 is 2.12 bits per heavy atom. The van der Waals surface area contributed by atoms with E-state index in [9.17, 15) is 20.0 Å². The molecule has 6 nitrogen and oxygen atoms in total. The molecule has 0 amide bonds. The summed E-state index contributed by atoms with van der Waals surface area (Å²) in [5, 5.41) is 28.5. The molecule has 0 aliphatic heterocycles. The number of rotatable bonds is 5. The molecule has 0 unspecified atom stereocenters. The zero-order valence-corrected chi connectivity index (χ0v) is 10.3. The summed E-state index contributed by atoms with van der Waals surface area (Å²) in [7, 11) is 0. The zero-order chi connectivity index (χ0) is 13.0. The second kappa shape index (κ2) is 5.62. The number of hydrogen-bond donors (Lipinski definition) is 2. The van der Waals surface area contributed by atoms with E-state index in [1.54, 1.807) is 6.07 Å². The van der Waals surface area contributed by atoms with Gasteiger partial charge in [-0.05, 0) is 40.4 Å². The number of carboxylic acid groups (broad SMARTS) is 1. The molecule has 0 radical (unpaired) electrons. The van der Waals surface area contributed by atoms with E-state index in [1.807, 2.05) is 0 Å². The molecule has 0 saturated heterocycles. The topological polar surface area (TPSA) is 101 Å². The lowest BCUT2D eigenvalue weighted by molar-refractivity contribution is -0.386. The summed E-state index contributed by atoms with van der Waals surface area (Å²) < 4.78 is 0.233. The minimum atomic E-state index is -0.905. The Kier molecular flexibility index (Phi) is 4.45. The molecule has 1 rings (SSSR count). The van der Waals surface area contributed by atoms with Gasteiger partial charge in [0.2, 0.25) is 5.75 Å². The first-order valence-corrected chi connectivity index (χ1v) is 5.58. The van der Waals surface area contributed by atoms with Crippen molar-refractivity contribution in [1.29, 1.82) is 0 Å². The van der Waals surface area contributed by atoms with Gasteiger partial charge in [-0.3, -0.25) is 14.9 Å². The van der Waals surface area contributed by atoms with Crippen molar-refractivity contribution in [2.75, 3.05) is 0 Å². The molecule has 1 aromatic carbocycles. The van der Waals surface area contributed by atoms with Crippen LogP contribution >= 0.6 is 15.9 Å². The molecular weight excluding hydrogens is 294 g/mol. The van der Waals surface area contributed by atoms with E-state index < -0.39 is 16.6 Å². The van der Waals surface area contributed by atoms with Gasteiger partial charge in [-0.25, -0.2) is 0 Å². The highest BCUT2D eigenvalue weighted by atomic mass is 79.9. The largest absolute Gasteiger partial charge is 0.501 e. The van der Waals surface area contributed by atoms with Gasteiger partial charge < -0.3 is 10.2 Å². The number of nitrogens with zero attached hydrogens (tertiary/aromatic N) is 1. The Hall–Kier alpha value is -1.63. The van der Waals surface area contributed by atoms with E-state index in [-0.39, 0.29) is 16.6 Å². The van der Waals surface area contributed by atoms with Crippen LogP contribution in [0.2, 0.25) is 0 Å². The van der Waals surface area contributed by atoms with E-state index in [2.05, 4.69) is 15.9 Å². The summed E-state index contributed by atoms with van der Waals surface area (Å²) in [6.45, 7) is 0. The first-order chi connectivity index (χ1) is 7.91. The third-order valence-electron chi connectivity index (χ3n) is 2.16. The van der Waals surface area contributed by atoms with Gasteiger partial charge in [0.05, 0.1) is 9.40 Å². The van der Waals surface area contributed by atoms with E-state index in [1.165, 1.54) is 6.07 Å². The fourth-order valence-electron chi connectivity index (χ4n) is 1.37. The maximum Gasteiger partial charge on any atom is 0.312 e. The number of nitro groups is 1. The van der Waals surface area contributed by atoms with Gasteiger partial charge in [0.15, 0.2) is 0 Å². The van der Waals surface area contributed by atoms with Crippen LogP contribution in [0.5, 0.6) is 5.75 Å². The van der Waals surface area contributed by atoms with E-state index in [4.69, 9.17) is 5.11 Å². The van der Waals surface area contributed by atoms with Crippen molar-refractivity contribution in [3.05, 3.63) is 32.3 Å². The third kappa shape index (κ3) is 3.70. The first kappa shape index (κ1) is 13.4. The third-order valence-corrected chi connectivity index (χ3v) is 2.76. The quantitative estimate of drug-likeness (QED) is 0.643. The fourth-order valence-corrected chi connectivity index (χ4v) is 1.86. The number of nitro benzene ring substituents is 1. The van der Waals surface area contributed by atoms with Crippen molar-refractivity contribution < 1.29 is 19.9 Å². The highest BCUT2D eigenvalue weighted by Crippen LogP contribution is 2.35. The summed E-state index contributed by atoms with van der Waals surface area (Å²) in [6, 6.07) is 2.80. The Morgan fingerprint density at radius 1 is 1.47 bits per heavy atom. The van der Waals surface area contributed by atoms with Crippen LogP contribution in [0.25, 0.3) is 0 Å². The number of carbonyl (C=O) groups is 1. The molecular formula is C10H10BrNO5. The molecule has 7 heteroatoms. The smallest absolute Gasteiger partial charge is 0.312 e. The van der Waals surface area contributed by atoms with Crippen molar-refractivity contribution in [1.82, 2.24) is 0 Å². The van der Waals surface area contributed by atoms with Crippen LogP contribution in [0.1, 0.15) is 18.4 Å². The number of benzene rings is 1. The molecule has 0 aliphatic rings. The van der Waals surface area contributed by atoms with Crippen molar-refractivity contribution in [3.63, 3.8) is 0 Å². The van der Waals surface area contributed by atoms with Gasteiger partial charge in [0.25, 0.3) is 0 Å². The highest BCUT2D eigenvalue weighted by Gasteiger charge is 2.17. The molecule has 1 aromatic rings. The molecule has 0 atom stereocenters. The van der Waals surface area contributed by atoms with Crippen LogP contribution < -0.4 is 0 Å². The number of carboxylic acids is 1. The maximum absolute atomic E-state index is 10.6. The Morgan fingerprint density at radius 3 is 2.65 bits per heavy atom. The predicted molar refractivity (Wildman–Crippen MR) is 63.0 cm³/mol. The number of aryl methyl sites for hydroxylation is 1. The maximum atomic E-state index is 10.6. The first-order valence-electron chi connectivity index (χ1n) is 4.79. The van der Waals surface area contributed by atoms with Crippen LogP contribution in [-0.2, 0) is 11.2 Å². The minimum absolute atomic E-state index is 0.00624. The average molecular weight is 304 g/mol. The van der Waals surface area contributed by atoms with Gasteiger partial charge in [-0.1, -0.05) is 0 Å². The van der Waals surface area contributed by atoms with Crippen molar-refractivity contribution in [2.24, 2.45) is 0 Å². The van der Waals surface area contributed by atoms with Crippen LogP contribution in [0.4, 0.5) is 5.69 Å². The zero-order valence-electron chi connectivity index (χ0n) is 8.72. The van der Waals surface area contributed by atoms with Gasteiger partial charge in [0.1, 0.15) is 0 Å². The monoisotopic (exact) mass is 303 g/mol. The normalized spacial score (nSPS) is 10.2. The molecule has 0 saturated carbocycles. The molecule has 0 aliphatic carbocycles. The fraction of sp³-hybridized carbons (Fsp3) is 0.300. The highest BCUT2D eigenvalue weighted by molar-refractivity contribution is 9.10. The average Bonchev–Trinajstić information content (AvgIpc) is 2.22. The number of hydrogen-bond acceptors (Lipinski definition) is 4. The molecule has 0 heterocycles. The molecule has 0 bridgehead atoms. The summed E-state index contributed by atoms with van der Waals surface area (Å²) in [5.41, 5.74) is 0.229. The van der Waals surface area contributed by atoms with Crippen LogP contribution in [0.15, 0.2) is 16.6 Å². The number of phenols is 1. The summed E-state index contributed by atoms with van der Waals surface area (Å²) >= 11 is 3.02. The lowest BCUT2D eigenvalue weighted by Crippen LogP contribution is -1.97. The summed E-state index contributed by atoms with van der Waals surface area (Å²) in [5.74, 6) is -1.32. The molecule has 2 N–H and O–H groups in total. The second-order valence-corrected chi connectivity index (χ2v) is 4.30. The summed E-state index contributed by atoms with van der Waals surface area (Å²) in [6.07, 6.45) is 0.808. The molecule has 0 aromatic heterocycles. The van der Waals surface area contributed by atoms with E-state index >= 15 is 0 Å².